The van der Waals surface area contributed by atoms with Crippen LogP contribution in [0, 0.1) is 12.7 Å². The number of nitrogens with one attached hydrogen (secondary N) is 1. The van der Waals surface area contributed by atoms with Crippen LogP contribution in [0.3, 0.4) is 0 Å². The summed E-state index contributed by atoms with van der Waals surface area (Å²) < 4.78 is 90.2. The molecule has 43 heavy (non-hydrogen) atoms. The molecule has 0 atom stereocenters. The molecular formula is C29H16F4N3O4S3-. The van der Waals surface area contributed by atoms with Gasteiger partial charge in [-0.25, -0.2) is 22.8 Å². The smallest absolute Gasteiger partial charge is 0.417 e. The predicted molar refractivity (Wildman–Crippen MR) is 156 cm³/mol. The highest BCUT2D eigenvalue weighted by Gasteiger charge is 2.35. The maximum atomic E-state index is 13.6. The number of carbonyl (C=O) groups is 1. The zero-order chi connectivity index (χ0) is 30.7. The van der Waals surface area contributed by atoms with Gasteiger partial charge in [0.05, 0.1) is 36.5 Å². The van der Waals surface area contributed by atoms with Crippen LogP contribution in [0.15, 0.2) is 77.7 Å². The molecule has 2 aromatic heterocycles. The van der Waals surface area contributed by atoms with E-state index in [2.05, 4.69) is 15.3 Å². The molecule has 2 heterocycles. The molecule has 0 bridgehead atoms. The van der Waals surface area contributed by atoms with Gasteiger partial charge in [-0.05, 0) is 79.2 Å². The van der Waals surface area contributed by atoms with E-state index >= 15 is 0 Å². The lowest BCUT2D eigenvalue weighted by Gasteiger charge is -2.13. The van der Waals surface area contributed by atoms with Crippen LogP contribution < -0.4 is 5.32 Å². The van der Waals surface area contributed by atoms with E-state index < -0.39 is 39.1 Å². The molecule has 4 aromatic carbocycles. The fraction of sp³-hybridized carbons (Fsp3) is 0.0690. The molecule has 0 aliphatic carbocycles. The van der Waals surface area contributed by atoms with Crippen molar-refractivity contribution >= 4 is 64.8 Å². The number of aromatic nitrogens is 2. The van der Waals surface area contributed by atoms with Crippen molar-refractivity contribution in [3.05, 3.63) is 95.3 Å². The molecule has 0 aliphatic heterocycles. The Morgan fingerprint density at radius 3 is 2.21 bits per heavy atom. The molecule has 218 valence electrons. The lowest BCUT2D eigenvalue weighted by molar-refractivity contribution is -0.137. The number of aryl methyl sites for hydroxylation is 1. The van der Waals surface area contributed by atoms with Crippen molar-refractivity contribution in [2.24, 2.45) is 0 Å². The second kappa shape index (κ2) is 10.5. The van der Waals surface area contributed by atoms with E-state index in [9.17, 15) is 35.3 Å². The molecule has 0 fully saturated rings. The molecule has 0 radical (unpaired) electrons. The number of halogens is 4. The second-order valence-electron chi connectivity index (χ2n) is 9.45. The van der Waals surface area contributed by atoms with Gasteiger partial charge in [-0.2, -0.15) is 13.2 Å². The maximum Gasteiger partial charge on any atom is 0.417 e. The average molecular weight is 643 g/mol. The summed E-state index contributed by atoms with van der Waals surface area (Å²) in [5.74, 6) is -2.07. The maximum absolute atomic E-state index is 13.6. The molecule has 1 amide bonds. The van der Waals surface area contributed by atoms with Gasteiger partial charge in [0, 0.05) is 16.8 Å². The Hall–Kier alpha value is -4.24. The van der Waals surface area contributed by atoms with E-state index in [-0.39, 0.29) is 10.6 Å². The van der Waals surface area contributed by atoms with Crippen molar-refractivity contribution < 1.29 is 35.3 Å². The number of hydrogen-bond acceptors (Lipinski definition) is 8. The zero-order valence-electron chi connectivity index (χ0n) is 21.7. The van der Waals surface area contributed by atoms with Gasteiger partial charge in [-0.15, -0.1) is 22.7 Å². The standard InChI is InChI=1S/C29H17F4N3O4S3/c1-14-2-10-22-24(25(14)43(38,39)40)42-28(36-22)16-5-11-21-23(12-16)41-27(35-21)15-3-7-18(8-4-15)34-26(37)19-13-17(30)6-9-20(19)29(31,32)33/h2-13H,1H3,(H,34,37)(H,38,39,40)/p-1. The van der Waals surface area contributed by atoms with Gasteiger partial charge in [-0.3, -0.25) is 4.79 Å². The average Bonchev–Trinajstić information content (AvgIpc) is 3.56. The normalized spacial score (nSPS) is 12.2. The summed E-state index contributed by atoms with van der Waals surface area (Å²) in [6.45, 7) is 1.56. The highest BCUT2D eigenvalue weighted by molar-refractivity contribution is 7.86. The highest BCUT2D eigenvalue weighted by atomic mass is 32.2. The number of hydrogen-bond donors (Lipinski definition) is 1. The minimum absolute atomic E-state index is 0.208. The van der Waals surface area contributed by atoms with E-state index in [0.717, 1.165) is 16.0 Å². The van der Waals surface area contributed by atoms with Gasteiger partial charge < -0.3 is 9.87 Å². The summed E-state index contributed by atoms with van der Waals surface area (Å²) in [7, 11) is -4.70. The predicted octanol–water partition coefficient (Wildman–Crippen LogP) is 7.86. The van der Waals surface area contributed by atoms with E-state index in [1.807, 2.05) is 6.07 Å². The summed E-state index contributed by atoms with van der Waals surface area (Å²) in [6, 6.07) is 16.7. The van der Waals surface area contributed by atoms with Crippen LogP contribution in [0.1, 0.15) is 21.5 Å². The van der Waals surface area contributed by atoms with Crippen molar-refractivity contribution in [3.63, 3.8) is 0 Å². The molecule has 14 heteroatoms. The molecule has 0 saturated heterocycles. The summed E-state index contributed by atoms with van der Waals surface area (Å²) in [4.78, 5) is 21.4. The van der Waals surface area contributed by atoms with Gasteiger partial charge in [0.15, 0.2) is 0 Å². The van der Waals surface area contributed by atoms with Crippen molar-refractivity contribution in [3.8, 4) is 21.1 Å². The molecule has 1 N–H and O–H groups in total. The number of rotatable bonds is 5. The lowest BCUT2D eigenvalue weighted by Crippen LogP contribution is -2.19. The van der Waals surface area contributed by atoms with Crippen LogP contribution in [0.5, 0.6) is 0 Å². The quantitative estimate of drug-likeness (QED) is 0.151. The third kappa shape index (κ3) is 5.61. The number of benzene rings is 4. The SMILES string of the molecule is Cc1ccc2nc(-c3ccc4nc(-c5ccc(NC(=O)c6cc(F)ccc6C(F)(F)F)cc5)sc4c3)sc2c1S(=O)(=O)[O-]. The minimum Gasteiger partial charge on any atom is -0.744 e. The third-order valence-corrected chi connectivity index (χ3v) is 9.88. The fourth-order valence-corrected chi connectivity index (χ4v) is 7.82. The van der Waals surface area contributed by atoms with Crippen LogP contribution in [0.2, 0.25) is 0 Å². The molecule has 0 unspecified atom stereocenters. The summed E-state index contributed by atoms with van der Waals surface area (Å²) in [6.07, 6.45) is -4.83. The fourth-order valence-electron chi connectivity index (χ4n) is 4.53. The largest absolute Gasteiger partial charge is 0.744 e. The first-order valence-electron chi connectivity index (χ1n) is 12.3. The highest BCUT2D eigenvalue weighted by Crippen LogP contribution is 2.39. The molecule has 0 spiro atoms. The van der Waals surface area contributed by atoms with Crippen LogP contribution in [-0.2, 0) is 16.3 Å². The number of nitrogens with zero attached hydrogens (tertiary/aromatic N) is 2. The second-order valence-corrected chi connectivity index (χ2v) is 12.8. The van der Waals surface area contributed by atoms with E-state index in [1.54, 1.807) is 43.3 Å². The summed E-state index contributed by atoms with van der Waals surface area (Å²) in [5, 5.41) is 3.54. The molecule has 0 saturated carbocycles. The summed E-state index contributed by atoms with van der Waals surface area (Å²) in [5.41, 5.74) is 0.982. The third-order valence-electron chi connectivity index (χ3n) is 6.52. The Kier molecular flexibility index (Phi) is 7.04. The Morgan fingerprint density at radius 1 is 0.860 bits per heavy atom. The van der Waals surface area contributed by atoms with Gasteiger partial charge in [0.2, 0.25) is 0 Å². The first-order valence-corrected chi connectivity index (χ1v) is 15.4. The monoisotopic (exact) mass is 642 g/mol. The van der Waals surface area contributed by atoms with Crippen molar-refractivity contribution in [1.82, 2.24) is 9.97 Å². The molecule has 6 rings (SSSR count). The Morgan fingerprint density at radius 2 is 1.51 bits per heavy atom. The van der Waals surface area contributed by atoms with Gasteiger partial charge in [0.1, 0.15) is 26.0 Å². The van der Waals surface area contributed by atoms with Gasteiger partial charge in [-0.1, -0.05) is 6.07 Å². The molecule has 7 nitrogen and oxygen atoms in total. The van der Waals surface area contributed by atoms with Crippen LogP contribution >= 0.6 is 22.7 Å². The zero-order valence-corrected chi connectivity index (χ0v) is 24.1. The number of alkyl halides is 3. The number of fused-ring (bicyclic) bond motifs is 2. The molecular weight excluding hydrogens is 627 g/mol. The van der Waals surface area contributed by atoms with Gasteiger partial charge in [0.25, 0.3) is 5.91 Å². The Labute approximate surface area is 249 Å². The first-order chi connectivity index (χ1) is 20.3. The molecule has 6 aromatic rings. The van der Waals surface area contributed by atoms with E-state index in [1.165, 1.54) is 23.5 Å². The van der Waals surface area contributed by atoms with Crippen molar-refractivity contribution in [2.45, 2.75) is 18.0 Å². The minimum atomic E-state index is -4.83. The van der Waals surface area contributed by atoms with E-state index in [4.69, 9.17) is 0 Å². The van der Waals surface area contributed by atoms with E-state index in [0.29, 0.717) is 60.6 Å². The van der Waals surface area contributed by atoms with Crippen LogP contribution in [-0.4, -0.2) is 28.8 Å². The number of amides is 1. The Balaban J connectivity index is 1.26. The first kappa shape index (κ1) is 28.9. The number of anilines is 1. The number of carbonyl (C=O) groups excluding carboxylic acids is 1. The lowest BCUT2D eigenvalue weighted by atomic mass is 10.1. The van der Waals surface area contributed by atoms with Crippen LogP contribution in [0.4, 0.5) is 23.2 Å². The van der Waals surface area contributed by atoms with Crippen molar-refractivity contribution in [1.29, 1.82) is 0 Å². The topological polar surface area (TPSA) is 112 Å². The van der Waals surface area contributed by atoms with Gasteiger partial charge >= 0.3 is 6.18 Å². The molecule has 0 aliphatic rings. The number of thiazole rings is 2. The Bertz CT molecular complexity index is 2170. The summed E-state index contributed by atoms with van der Waals surface area (Å²) >= 11 is 2.48. The van der Waals surface area contributed by atoms with Crippen molar-refractivity contribution in [2.75, 3.05) is 5.32 Å². The van der Waals surface area contributed by atoms with Crippen LogP contribution in [0.25, 0.3) is 41.6 Å².